The molecule has 0 N–H and O–H groups in total. The number of ketones is 1. The lowest BCUT2D eigenvalue weighted by Gasteiger charge is -2.03. The lowest BCUT2D eigenvalue weighted by molar-refractivity contribution is 0.104. The zero-order valence-corrected chi connectivity index (χ0v) is 14.1. The van der Waals surface area contributed by atoms with E-state index in [9.17, 15) is 4.79 Å². The summed E-state index contributed by atoms with van der Waals surface area (Å²) in [4.78, 5) is 12.2. The number of carbonyl (C=O) groups is 1. The maximum Gasteiger partial charge on any atom is 0.187 e. The Labute approximate surface area is 143 Å². The average molecular weight is 354 g/mol. The van der Waals surface area contributed by atoms with E-state index in [0.717, 1.165) is 11.3 Å². The molecule has 0 aliphatic carbocycles. The summed E-state index contributed by atoms with van der Waals surface area (Å²) in [5, 5.41) is 9.58. The van der Waals surface area contributed by atoms with Gasteiger partial charge in [0, 0.05) is 18.3 Å². The lowest BCUT2D eigenvalue weighted by atomic mass is 10.1. The molecule has 0 unspecified atom stereocenters. The highest BCUT2D eigenvalue weighted by atomic mass is 35.5. The number of allylic oxidation sites excluding steroid dienone is 1. The van der Waals surface area contributed by atoms with Crippen LogP contribution in [0.4, 0.5) is 0 Å². The van der Waals surface area contributed by atoms with E-state index in [1.807, 2.05) is 6.92 Å². The van der Waals surface area contributed by atoms with E-state index in [1.54, 1.807) is 23.8 Å². The zero-order chi connectivity index (χ0) is 16.4. The van der Waals surface area contributed by atoms with Crippen LogP contribution < -0.4 is 0 Å². The van der Waals surface area contributed by atoms with Crippen LogP contribution in [0.1, 0.15) is 27.3 Å². The predicted molar refractivity (Wildman–Crippen MR) is 89.7 cm³/mol. The third-order valence-electron chi connectivity index (χ3n) is 3.40. The first kappa shape index (κ1) is 16.6. The molecule has 0 saturated heterocycles. The van der Waals surface area contributed by atoms with Gasteiger partial charge in [-0.1, -0.05) is 34.8 Å². The van der Waals surface area contributed by atoms with Crippen LogP contribution in [0.25, 0.3) is 6.08 Å². The van der Waals surface area contributed by atoms with Gasteiger partial charge in [-0.2, -0.15) is 5.26 Å². The van der Waals surface area contributed by atoms with E-state index < -0.39 is 0 Å². The molecule has 22 heavy (non-hydrogen) atoms. The second-order valence-electron chi connectivity index (χ2n) is 4.66. The molecule has 0 spiro atoms. The van der Waals surface area contributed by atoms with Crippen molar-refractivity contribution in [2.45, 2.75) is 6.92 Å². The molecule has 3 nitrogen and oxygen atoms in total. The maximum absolute atomic E-state index is 12.2. The van der Waals surface area contributed by atoms with Gasteiger partial charge in [0.2, 0.25) is 0 Å². The first-order chi connectivity index (χ1) is 10.4. The number of nitriles is 1. The summed E-state index contributed by atoms with van der Waals surface area (Å²) in [7, 11) is 1.79. The van der Waals surface area contributed by atoms with Gasteiger partial charge in [0.15, 0.2) is 5.78 Å². The first-order valence-corrected chi connectivity index (χ1v) is 7.42. The molecule has 2 rings (SSSR count). The highest BCUT2D eigenvalue weighted by Crippen LogP contribution is 2.33. The predicted octanol–water partition coefficient (Wildman–Crippen LogP) is 5.06. The third-order valence-corrected chi connectivity index (χ3v) is 4.70. The van der Waals surface area contributed by atoms with Crippen LogP contribution >= 0.6 is 34.8 Å². The molecule has 0 amide bonds. The fourth-order valence-electron chi connectivity index (χ4n) is 1.97. The Morgan fingerprint density at radius 2 is 1.95 bits per heavy atom. The summed E-state index contributed by atoms with van der Waals surface area (Å²) in [6.07, 6.45) is 3.05. The largest absolute Gasteiger partial charge is 0.339 e. The number of hydrogen-bond donors (Lipinski definition) is 0. The second-order valence-corrected chi connectivity index (χ2v) is 5.82. The zero-order valence-electron chi connectivity index (χ0n) is 11.8. The molecule has 6 heteroatoms. The SMILES string of the molecule is Cc1c(/C=C/C(=O)c2ccc(Cl)c(Cl)c2Cl)cc(C#N)n1C. The van der Waals surface area contributed by atoms with E-state index in [1.165, 1.54) is 18.2 Å². The minimum Gasteiger partial charge on any atom is -0.339 e. The number of halogens is 3. The number of hydrogen-bond acceptors (Lipinski definition) is 2. The van der Waals surface area contributed by atoms with E-state index in [0.29, 0.717) is 10.7 Å². The van der Waals surface area contributed by atoms with Gasteiger partial charge in [-0.25, -0.2) is 0 Å². The van der Waals surface area contributed by atoms with Gasteiger partial charge in [-0.15, -0.1) is 0 Å². The van der Waals surface area contributed by atoms with Crippen molar-refractivity contribution in [1.29, 1.82) is 5.26 Å². The van der Waals surface area contributed by atoms with Crippen molar-refractivity contribution < 1.29 is 4.79 Å². The van der Waals surface area contributed by atoms with Crippen LogP contribution in [0.5, 0.6) is 0 Å². The van der Waals surface area contributed by atoms with Crippen LogP contribution in [0.15, 0.2) is 24.3 Å². The van der Waals surface area contributed by atoms with E-state index in [4.69, 9.17) is 40.1 Å². The summed E-state index contributed by atoms with van der Waals surface area (Å²) in [5.74, 6) is -0.287. The van der Waals surface area contributed by atoms with Gasteiger partial charge in [-0.3, -0.25) is 4.79 Å². The molecule has 1 aromatic heterocycles. The average Bonchev–Trinajstić information content (AvgIpc) is 2.78. The maximum atomic E-state index is 12.2. The molecular formula is C16H11Cl3N2O. The Morgan fingerprint density at radius 1 is 1.27 bits per heavy atom. The molecule has 2 aromatic rings. The number of benzene rings is 1. The van der Waals surface area contributed by atoms with E-state index >= 15 is 0 Å². The summed E-state index contributed by atoms with van der Waals surface area (Å²) in [6, 6.07) is 6.86. The van der Waals surface area contributed by atoms with Gasteiger partial charge in [0.25, 0.3) is 0 Å². The number of nitrogens with zero attached hydrogens (tertiary/aromatic N) is 2. The fraction of sp³-hybridized carbons (Fsp3) is 0.125. The Balaban J connectivity index is 2.34. The summed E-state index contributed by atoms with van der Waals surface area (Å²) >= 11 is 17.8. The highest BCUT2D eigenvalue weighted by Gasteiger charge is 2.13. The van der Waals surface area contributed by atoms with E-state index in [2.05, 4.69) is 6.07 Å². The van der Waals surface area contributed by atoms with Crippen molar-refractivity contribution in [2.24, 2.45) is 7.05 Å². The van der Waals surface area contributed by atoms with Gasteiger partial charge in [-0.05, 0) is 42.8 Å². The molecular weight excluding hydrogens is 343 g/mol. The Hall–Kier alpha value is -1.73. The van der Waals surface area contributed by atoms with Crippen molar-refractivity contribution in [1.82, 2.24) is 4.57 Å². The number of carbonyl (C=O) groups excluding carboxylic acids is 1. The lowest BCUT2D eigenvalue weighted by Crippen LogP contribution is -1.96. The van der Waals surface area contributed by atoms with E-state index in [-0.39, 0.29) is 21.4 Å². The Bertz CT molecular complexity index is 829. The van der Waals surface area contributed by atoms with Gasteiger partial charge in [0.05, 0.1) is 15.1 Å². The quantitative estimate of drug-likeness (QED) is 0.440. The summed E-state index contributed by atoms with van der Waals surface area (Å²) < 4.78 is 1.76. The molecule has 0 aliphatic heterocycles. The van der Waals surface area contributed by atoms with Crippen LogP contribution in [-0.2, 0) is 7.05 Å². The van der Waals surface area contributed by atoms with Crippen molar-refractivity contribution >= 4 is 46.7 Å². The minimum atomic E-state index is -0.287. The molecule has 0 radical (unpaired) electrons. The van der Waals surface area contributed by atoms with Crippen molar-refractivity contribution in [3.05, 3.63) is 61.9 Å². The molecule has 112 valence electrons. The molecule has 1 heterocycles. The minimum absolute atomic E-state index is 0.131. The van der Waals surface area contributed by atoms with Crippen LogP contribution in [0.2, 0.25) is 15.1 Å². The van der Waals surface area contributed by atoms with Crippen LogP contribution in [-0.4, -0.2) is 10.4 Å². The molecule has 0 atom stereocenters. The standard InChI is InChI=1S/C16H11Cl3N2O/c1-9-10(7-11(8-20)21(9)2)3-6-14(22)12-4-5-13(17)16(19)15(12)18/h3-7H,1-2H3/b6-3+. The van der Waals surface area contributed by atoms with Crippen LogP contribution in [0.3, 0.4) is 0 Å². The smallest absolute Gasteiger partial charge is 0.187 e. The van der Waals surface area contributed by atoms with Gasteiger partial charge >= 0.3 is 0 Å². The number of aromatic nitrogens is 1. The van der Waals surface area contributed by atoms with Crippen molar-refractivity contribution in [3.8, 4) is 6.07 Å². The Kier molecular flexibility index (Phi) is 4.97. The van der Waals surface area contributed by atoms with Crippen LogP contribution in [0, 0.1) is 18.3 Å². The molecule has 0 aliphatic rings. The molecule has 0 saturated carbocycles. The van der Waals surface area contributed by atoms with Gasteiger partial charge in [0.1, 0.15) is 11.8 Å². The normalized spacial score (nSPS) is 10.9. The molecule has 1 aromatic carbocycles. The molecule has 0 fully saturated rings. The van der Waals surface area contributed by atoms with Gasteiger partial charge < -0.3 is 4.57 Å². The molecule has 0 bridgehead atoms. The highest BCUT2D eigenvalue weighted by molar-refractivity contribution is 6.49. The topological polar surface area (TPSA) is 45.8 Å². The Morgan fingerprint density at radius 3 is 2.55 bits per heavy atom. The van der Waals surface area contributed by atoms with Crippen molar-refractivity contribution in [2.75, 3.05) is 0 Å². The second kappa shape index (κ2) is 6.58. The monoisotopic (exact) mass is 352 g/mol. The third kappa shape index (κ3) is 3.05. The first-order valence-electron chi connectivity index (χ1n) is 6.29. The number of rotatable bonds is 3. The summed E-state index contributed by atoms with van der Waals surface area (Å²) in [6.45, 7) is 1.87. The summed E-state index contributed by atoms with van der Waals surface area (Å²) in [5.41, 5.74) is 2.49. The fourth-order valence-corrected chi connectivity index (χ4v) is 2.60. The van der Waals surface area contributed by atoms with Crippen molar-refractivity contribution in [3.63, 3.8) is 0 Å².